The van der Waals surface area contributed by atoms with Crippen LogP contribution in [-0.4, -0.2) is 36.5 Å². The van der Waals surface area contributed by atoms with E-state index in [1.54, 1.807) is 12.1 Å². The number of Topliss-reactive ketones (excluding diaryl/α,β-unsaturated/α-hetero) is 1. The molecule has 0 aromatic heterocycles. The summed E-state index contributed by atoms with van der Waals surface area (Å²) in [7, 11) is 0. The molecule has 1 saturated carbocycles. The van der Waals surface area contributed by atoms with Crippen molar-refractivity contribution in [2.75, 3.05) is 6.54 Å². The summed E-state index contributed by atoms with van der Waals surface area (Å²) in [4.78, 5) is 38.5. The second-order valence-electron chi connectivity index (χ2n) is 11.3. The number of fused-ring (bicyclic) bond motifs is 1. The minimum Gasteiger partial charge on any atom is -0.441 e. The van der Waals surface area contributed by atoms with Crippen molar-refractivity contribution in [3.8, 4) is 6.07 Å². The van der Waals surface area contributed by atoms with Gasteiger partial charge >= 0.3 is 6.09 Å². The fraction of sp³-hybridized carbons (Fsp3) is 0.533. The lowest BCUT2D eigenvalue weighted by Crippen LogP contribution is -2.40. The molecule has 0 radical (unpaired) electrons. The molecule has 3 aliphatic rings. The lowest BCUT2D eigenvalue weighted by molar-refractivity contribution is -0.122. The molecule has 1 saturated heterocycles. The maximum absolute atomic E-state index is 14.6. The first-order valence-corrected chi connectivity index (χ1v) is 13.4. The number of ether oxygens (including phenoxy) is 1. The number of halogens is 1. The molecule has 0 unspecified atom stereocenters. The first-order valence-electron chi connectivity index (χ1n) is 13.4. The highest BCUT2D eigenvalue weighted by Crippen LogP contribution is 2.63. The number of ketones is 1. The van der Waals surface area contributed by atoms with Gasteiger partial charge in [0.05, 0.1) is 6.07 Å². The Kier molecular flexibility index (Phi) is 7.78. The number of nitriles is 1. The van der Waals surface area contributed by atoms with E-state index in [1.807, 2.05) is 13.0 Å². The van der Waals surface area contributed by atoms with Crippen LogP contribution < -0.4 is 10.6 Å². The third kappa shape index (κ3) is 5.24. The molecule has 0 bridgehead atoms. The molecule has 2 fully saturated rings. The van der Waals surface area contributed by atoms with Crippen molar-refractivity contribution in [3.63, 3.8) is 0 Å². The summed E-state index contributed by atoms with van der Waals surface area (Å²) in [6.45, 7) is 12.7. The van der Waals surface area contributed by atoms with E-state index in [2.05, 4.69) is 38.0 Å². The maximum atomic E-state index is 14.6. The van der Waals surface area contributed by atoms with Gasteiger partial charge in [-0.2, -0.15) is 5.26 Å². The summed E-state index contributed by atoms with van der Waals surface area (Å²) in [6, 6.07) is 4.27. The molecule has 2 N–H and O–H groups in total. The number of rotatable bonds is 9. The SMILES string of the molecule is C=C(C(=O)C1=Cc2c(F)ccc(C)c2CC1)[C@@H](OC(=O)N[C@H](C#N)C[C@@H]1CCNC1=O)[C@@H]1[C@H](CC)C1(C)C. The molecule has 1 aromatic carbocycles. The van der Waals surface area contributed by atoms with Crippen LogP contribution in [0.2, 0.25) is 0 Å². The zero-order chi connectivity index (χ0) is 27.8. The van der Waals surface area contributed by atoms with Crippen LogP contribution >= 0.6 is 0 Å². The van der Waals surface area contributed by atoms with Gasteiger partial charge in [0.25, 0.3) is 0 Å². The molecule has 202 valence electrons. The lowest BCUT2D eigenvalue weighted by Gasteiger charge is -2.25. The molecule has 0 spiro atoms. The van der Waals surface area contributed by atoms with Gasteiger partial charge in [-0.05, 0) is 67.2 Å². The van der Waals surface area contributed by atoms with Crippen molar-refractivity contribution in [1.82, 2.24) is 10.6 Å². The number of hydrogen-bond acceptors (Lipinski definition) is 5. The predicted octanol–water partition coefficient (Wildman–Crippen LogP) is 4.78. The fourth-order valence-electron chi connectivity index (χ4n) is 6.37. The van der Waals surface area contributed by atoms with Crippen molar-refractivity contribution in [1.29, 1.82) is 5.26 Å². The molecule has 4 rings (SSSR count). The van der Waals surface area contributed by atoms with Crippen molar-refractivity contribution in [2.24, 2.45) is 23.2 Å². The van der Waals surface area contributed by atoms with E-state index in [0.717, 1.165) is 17.5 Å². The highest BCUT2D eigenvalue weighted by molar-refractivity contribution is 6.11. The Morgan fingerprint density at radius 2 is 2.08 bits per heavy atom. The molecule has 1 aliphatic heterocycles. The minimum atomic E-state index is -0.904. The van der Waals surface area contributed by atoms with Gasteiger partial charge in [-0.15, -0.1) is 0 Å². The van der Waals surface area contributed by atoms with Crippen molar-refractivity contribution >= 4 is 23.9 Å². The number of nitrogens with zero attached hydrogens (tertiary/aromatic N) is 1. The maximum Gasteiger partial charge on any atom is 0.408 e. The average molecular weight is 522 g/mol. The van der Waals surface area contributed by atoms with Crippen molar-refractivity contribution in [3.05, 3.63) is 52.4 Å². The second kappa shape index (κ2) is 10.7. The second-order valence-corrected chi connectivity index (χ2v) is 11.3. The zero-order valence-electron chi connectivity index (χ0n) is 22.5. The molecule has 1 aromatic rings. The fourth-order valence-corrected chi connectivity index (χ4v) is 6.37. The summed E-state index contributed by atoms with van der Waals surface area (Å²) in [5, 5.41) is 14.9. The topological polar surface area (TPSA) is 108 Å². The van der Waals surface area contributed by atoms with Gasteiger partial charge in [-0.1, -0.05) is 39.8 Å². The smallest absolute Gasteiger partial charge is 0.408 e. The molecule has 1 heterocycles. The standard InChI is InChI=1S/C30H36FN3O4/c1-6-23-25(30(23,4)5)27(38-29(37)34-20(15-32)13-19-11-12-33-28(19)36)17(3)26(35)18-8-9-21-16(2)7-10-24(31)22(21)14-18/h7,10,14,19-20,23,25,27H,3,6,8-9,11-13H2,1-2,4-5H3,(H,33,36)(H,34,37)/t19-,20-,23-,25-,27+/m0/s1. The van der Waals surface area contributed by atoms with E-state index >= 15 is 0 Å². The number of hydrogen-bond donors (Lipinski definition) is 2. The van der Waals surface area contributed by atoms with E-state index in [1.165, 1.54) is 6.07 Å². The summed E-state index contributed by atoms with van der Waals surface area (Å²) in [6.07, 6.45) is 2.51. The number of alkyl carbamates (subject to hydrolysis) is 1. The number of benzene rings is 1. The van der Waals surface area contributed by atoms with Crippen LogP contribution in [0.3, 0.4) is 0 Å². The quantitative estimate of drug-likeness (QED) is 0.455. The summed E-state index contributed by atoms with van der Waals surface area (Å²) >= 11 is 0. The number of carbonyl (C=O) groups is 3. The molecule has 2 aliphatic carbocycles. The Balaban J connectivity index is 1.53. The first-order chi connectivity index (χ1) is 18.0. The summed E-state index contributed by atoms with van der Waals surface area (Å²) < 4.78 is 20.4. The number of carbonyl (C=O) groups excluding carboxylic acids is 3. The van der Waals surface area contributed by atoms with Crippen LogP contribution in [0, 0.1) is 47.2 Å². The van der Waals surface area contributed by atoms with Crippen LogP contribution in [0.25, 0.3) is 6.08 Å². The van der Waals surface area contributed by atoms with E-state index in [4.69, 9.17) is 4.74 Å². The zero-order valence-corrected chi connectivity index (χ0v) is 22.5. The Hall–Kier alpha value is -3.47. The lowest BCUT2D eigenvalue weighted by atomic mass is 9.84. The Labute approximate surface area is 223 Å². The van der Waals surface area contributed by atoms with Gasteiger partial charge in [0.2, 0.25) is 5.91 Å². The largest absolute Gasteiger partial charge is 0.441 e. The van der Waals surface area contributed by atoms with Crippen molar-refractivity contribution < 1.29 is 23.5 Å². The molecule has 8 heteroatoms. The molecule has 38 heavy (non-hydrogen) atoms. The number of allylic oxidation sites excluding steroid dienone is 1. The molecule has 2 amide bonds. The molecule has 7 nitrogen and oxygen atoms in total. The van der Waals surface area contributed by atoms with Gasteiger partial charge in [0.15, 0.2) is 5.78 Å². The normalized spacial score (nSPS) is 24.7. The summed E-state index contributed by atoms with van der Waals surface area (Å²) in [5.41, 5.74) is 2.72. The number of nitrogens with one attached hydrogen (secondary N) is 2. The van der Waals surface area contributed by atoms with Gasteiger partial charge in [-0.25, -0.2) is 9.18 Å². The van der Waals surface area contributed by atoms with Crippen LogP contribution in [0.1, 0.15) is 63.1 Å². The van der Waals surface area contributed by atoms with E-state index in [0.29, 0.717) is 36.9 Å². The van der Waals surface area contributed by atoms with Crippen molar-refractivity contribution in [2.45, 2.75) is 71.9 Å². The van der Waals surface area contributed by atoms with E-state index in [-0.39, 0.29) is 52.7 Å². The first kappa shape index (κ1) is 27.6. The third-order valence-corrected chi connectivity index (χ3v) is 8.70. The molecular weight excluding hydrogens is 485 g/mol. The predicted molar refractivity (Wildman–Crippen MR) is 141 cm³/mol. The average Bonchev–Trinajstić information content (AvgIpc) is 3.21. The van der Waals surface area contributed by atoms with E-state index in [9.17, 15) is 24.0 Å². The van der Waals surface area contributed by atoms with Crippen LogP contribution in [-0.2, 0) is 20.7 Å². The summed E-state index contributed by atoms with van der Waals surface area (Å²) in [5.74, 6) is -1.08. The number of amides is 2. The Morgan fingerprint density at radius 1 is 1.34 bits per heavy atom. The van der Waals surface area contributed by atoms with E-state index < -0.39 is 18.2 Å². The van der Waals surface area contributed by atoms with Crippen LogP contribution in [0.15, 0.2) is 29.9 Å². The Morgan fingerprint density at radius 3 is 2.68 bits per heavy atom. The van der Waals surface area contributed by atoms with Gasteiger partial charge in [0.1, 0.15) is 18.0 Å². The van der Waals surface area contributed by atoms with Gasteiger partial charge in [-0.3, -0.25) is 9.59 Å². The highest BCUT2D eigenvalue weighted by Gasteiger charge is 2.62. The van der Waals surface area contributed by atoms with Gasteiger partial charge in [0, 0.05) is 35.1 Å². The monoisotopic (exact) mass is 521 g/mol. The minimum absolute atomic E-state index is 0.119. The third-order valence-electron chi connectivity index (χ3n) is 8.70. The highest BCUT2D eigenvalue weighted by atomic mass is 19.1. The van der Waals surface area contributed by atoms with Gasteiger partial charge < -0.3 is 15.4 Å². The van der Waals surface area contributed by atoms with Crippen LogP contribution in [0.5, 0.6) is 0 Å². The number of aryl methyl sites for hydroxylation is 1. The Bertz CT molecular complexity index is 1240. The molecular formula is C30H36FN3O4. The van der Waals surface area contributed by atoms with Crippen LogP contribution in [0.4, 0.5) is 9.18 Å². The molecule has 5 atom stereocenters.